The maximum atomic E-state index is 12.3. The number of rotatable bonds is 5. The van der Waals surface area contributed by atoms with E-state index in [9.17, 15) is 21.6 Å². The van der Waals surface area contributed by atoms with E-state index in [1.165, 1.54) is 6.07 Å². The standard InChI is InChI=1S/C10H10F3N3O2S2/c11-10(12,13)8-3-5-16(15-8)6-4-14-20(17,18)9-2-1-7-19-9/h1-3,5,7,14H,4,6H2. The number of halogens is 3. The van der Waals surface area contributed by atoms with E-state index in [4.69, 9.17) is 0 Å². The summed E-state index contributed by atoms with van der Waals surface area (Å²) in [6, 6.07) is 3.89. The predicted molar refractivity (Wildman–Crippen MR) is 66.7 cm³/mol. The van der Waals surface area contributed by atoms with Gasteiger partial charge in [-0.05, 0) is 17.5 Å². The van der Waals surface area contributed by atoms with Gasteiger partial charge in [0, 0.05) is 12.7 Å². The molecule has 0 unspecified atom stereocenters. The molecule has 10 heteroatoms. The highest BCUT2D eigenvalue weighted by atomic mass is 32.2. The summed E-state index contributed by atoms with van der Waals surface area (Å²) in [5, 5.41) is 4.95. The van der Waals surface area contributed by atoms with Crippen molar-refractivity contribution in [2.75, 3.05) is 6.54 Å². The minimum absolute atomic E-state index is 0.0146. The third-order valence-electron chi connectivity index (χ3n) is 2.32. The van der Waals surface area contributed by atoms with Crippen molar-refractivity contribution < 1.29 is 21.6 Å². The molecule has 2 aromatic rings. The van der Waals surface area contributed by atoms with Crippen LogP contribution in [0.2, 0.25) is 0 Å². The van der Waals surface area contributed by atoms with E-state index in [0.29, 0.717) is 0 Å². The maximum absolute atomic E-state index is 12.3. The average molecular weight is 325 g/mol. The molecule has 0 aliphatic rings. The molecule has 0 amide bonds. The summed E-state index contributed by atoms with van der Waals surface area (Å²) in [4.78, 5) is 0. The Kier molecular flexibility index (Phi) is 4.16. The molecule has 0 aromatic carbocycles. The van der Waals surface area contributed by atoms with Crippen molar-refractivity contribution in [3.05, 3.63) is 35.5 Å². The first-order valence-corrected chi connectivity index (χ1v) is 7.79. The first-order valence-electron chi connectivity index (χ1n) is 5.43. The van der Waals surface area contributed by atoms with Crippen LogP contribution in [0.25, 0.3) is 0 Å². The zero-order chi connectivity index (χ0) is 14.8. The molecule has 0 aliphatic heterocycles. The Morgan fingerprint density at radius 3 is 2.65 bits per heavy atom. The van der Waals surface area contributed by atoms with Crippen LogP contribution in [-0.4, -0.2) is 24.7 Å². The number of nitrogens with one attached hydrogen (secondary N) is 1. The number of nitrogens with zero attached hydrogens (tertiary/aromatic N) is 2. The summed E-state index contributed by atoms with van der Waals surface area (Å²) in [7, 11) is -3.60. The lowest BCUT2D eigenvalue weighted by Crippen LogP contribution is -2.27. The molecule has 5 nitrogen and oxygen atoms in total. The lowest BCUT2D eigenvalue weighted by Gasteiger charge is -2.05. The first kappa shape index (κ1) is 15.0. The number of aromatic nitrogens is 2. The second-order valence-corrected chi connectivity index (χ2v) is 6.73. The fourth-order valence-corrected chi connectivity index (χ4v) is 3.48. The Morgan fingerprint density at radius 2 is 2.10 bits per heavy atom. The molecule has 0 saturated carbocycles. The highest BCUT2D eigenvalue weighted by Crippen LogP contribution is 2.27. The quantitative estimate of drug-likeness (QED) is 0.914. The van der Waals surface area contributed by atoms with Crippen molar-refractivity contribution in [1.82, 2.24) is 14.5 Å². The summed E-state index contributed by atoms with van der Waals surface area (Å²) < 4.78 is 63.9. The molecule has 0 aliphatic carbocycles. The summed E-state index contributed by atoms with van der Waals surface area (Å²) >= 11 is 1.06. The van der Waals surface area contributed by atoms with Gasteiger partial charge in [-0.3, -0.25) is 4.68 Å². The van der Waals surface area contributed by atoms with Gasteiger partial charge < -0.3 is 0 Å². The molecule has 20 heavy (non-hydrogen) atoms. The van der Waals surface area contributed by atoms with Crippen molar-refractivity contribution in [1.29, 1.82) is 0 Å². The highest BCUT2D eigenvalue weighted by Gasteiger charge is 2.33. The van der Waals surface area contributed by atoms with E-state index in [0.717, 1.165) is 28.3 Å². The van der Waals surface area contributed by atoms with Gasteiger partial charge in [0.2, 0.25) is 10.0 Å². The van der Waals surface area contributed by atoms with Gasteiger partial charge in [0.1, 0.15) is 4.21 Å². The molecular formula is C10H10F3N3O2S2. The SMILES string of the molecule is O=S(=O)(NCCn1ccc(C(F)(F)F)n1)c1cccs1. The van der Waals surface area contributed by atoms with Gasteiger partial charge in [0.05, 0.1) is 6.54 Å². The summed E-state index contributed by atoms with van der Waals surface area (Å²) in [6.45, 7) is -0.0279. The number of thiophene rings is 1. The van der Waals surface area contributed by atoms with E-state index in [-0.39, 0.29) is 17.3 Å². The Labute approximate surface area is 117 Å². The number of hydrogen-bond donors (Lipinski definition) is 1. The van der Waals surface area contributed by atoms with Gasteiger partial charge >= 0.3 is 6.18 Å². The first-order chi connectivity index (χ1) is 9.29. The van der Waals surface area contributed by atoms with Crippen LogP contribution in [0.3, 0.4) is 0 Å². The molecule has 2 heterocycles. The molecule has 0 saturated heterocycles. The molecule has 0 radical (unpaired) electrons. The summed E-state index contributed by atoms with van der Waals surface area (Å²) in [6.07, 6.45) is -3.34. The molecule has 0 atom stereocenters. The van der Waals surface area contributed by atoms with Gasteiger partial charge in [0.25, 0.3) is 0 Å². The molecule has 110 valence electrons. The van der Waals surface area contributed by atoms with Crippen molar-refractivity contribution in [3.8, 4) is 0 Å². The minimum atomic E-state index is -4.50. The highest BCUT2D eigenvalue weighted by molar-refractivity contribution is 7.91. The van der Waals surface area contributed by atoms with Crippen LogP contribution < -0.4 is 4.72 Å². The van der Waals surface area contributed by atoms with Crippen LogP contribution in [0.15, 0.2) is 34.0 Å². The molecule has 2 rings (SSSR count). The molecule has 0 fully saturated rings. The normalized spacial score (nSPS) is 12.8. The second kappa shape index (κ2) is 5.54. The Bertz CT molecular complexity index is 662. The number of sulfonamides is 1. The molecule has 0 bridgehead atoms. The van der Waals surface area contributed by atoms with Crippen LogP contribution in [0.5, 0.6) is 0 Å². The largest absolute Gasteiger partial charge is 0.435 e. The minimum Gasteiger partial charge on any atom is -0.271 e. The number of alkyl halides is 3. The lowest BCUT2D eigenvalue weighted by atomic mass is 10.4. The third-order valence-corrected chi connectivity index (χ3v) is 5.18. The monoisotopic (exact) mass is 325 g/mol. The van der Waals surface area contributed by atoms with E-state index < -0.39 is 21.9 Å². The molecular weight excluding hydrogens is 315 g/mol. The van der Waals surface area contributed by atoms with Crippen LogP contribution >= 0.6 is 11.3 Å². The van der Waals surface area contributed by atoms with E-state index >= 15 is 0 Å². The average Bonchev–Trinajstić information content (AvgIpc) is 2.99. The Morgan fingerprint density at radius 1 is 1.35 bits per heavy atom. The topological polar surface area (TPSA) is 64.0 Å². The molecule has 1 N–H and O–H groups in total. The van der Waals surface area contributed by atoms with Gasteiger partial charge in [0.15, 0.2) is 5.69 Å². The van der Waals surface area contributed by atoms with Crippen LogP contribution in [0, 0.1) is 0 Å². The van der Waals surface area contributed by atoms with Crippen LogP contribution in [0.1, 0.15) is 5.69 Å². The Hall–Kier alpha value is -1.39. The van der Waals surface area contributed by atoms with Crippen LogP contribution in [0.4, 0.5) is 13.2 Å². The third kappa shape index (κ3) is 3.58. The second-order valence-electron chi connectivity index (χ2n) is 3.79. The van der Waals surface area contributed by atoms with Crippen molar-refractivity contribution in [2.24, 2.45) is 0 Å². The fraction of sp³-hybridized carbons (Fsp3) is 0.300. The summed E-state index contributed by atoms with van der Waals surface area (Å²) in [5.74, 6) is 0. The van der Waals surface area contributed by atoms with Gasteiger partial charge in [-0.15, -0.1) is 11.3 Å². The van der Waals surface area contributed by atoms with Crippen LogP contribution in [-0.2, 0) is 22.7 Å². The van der Waals surface area contributed by atoms with E-state index in [1.54, 1.807) is 11.4 Å². The predicted octanol–water partition coefficient (Wildman–Crippen LogP) is 1.94. The molecule has 2 aromatic heterocycles. The van der Waals surface area contributed by atoms with Gasteiger partial charge in [-0.25, -0.2) is 13.1 Å². The van der Waals surface area contributed by atoms with Crippen molar-refractivity contribution >= 4 is 21.4 Å². The zero-order valence-corrected chi connectivity index (χ0v) is 11.6. The fourth-order valence-electron chi connectivity index (χ4n) is 1.42. The lowest BCUT2D eigenvalue weighted by molar-refractivity contribution is -0.141. The van der Waals surface area contributed by atoms with Crippen molar-refractivity contribution in [2.45, 2.75) is 16.9 Å². The van der Waals surface area contributed by atoms with Gasteiger partial charge in [-0.2, -0.15) is 18.3 Å². The molecule has 0 spiro atoms. The zero-order valence-electron chi connectivity index (χ0n) is 9.96. The number of hydrogen-bond acceptors (Lipinski definition) is 4. The van der Waals surface area contributed by atoms with E-state index in [1.807, 2.05) is 0 Å². The summed E-state index contributed by atoms with van der Waals surface area (Å²) in [5.41, 5.74) is -1.00. The smallest absolute Gasteiger partial charge is 0.271 e. The maximum Gasteiger partial charge on any atom is 0.435 e. The van der Waals surface area contributed by atoms with Crippen molar-refractivity contribution in [3.63, 3.8) is 0 Å². The van der Waals surface area contributed by atoms with E-state index in [2.05, 4.69) is 9.82 Å². The van der Waals surface area contributed by atoms with Gasteiger partial charge in [-0.1, -0.05) is 6.07 Å². The Balaban J connectivity index is 1.92.